The fraction of sp³-hybridized carbons (Fsp3) is 0.0714. The van der Waals surface area contributed by atoms with Crippen molar-refractivity contribution < 1.29 is 4.79 Å². The van der Waals surface area contributed by atoms with Crippen molar-refractivity contribution in [3.63, 3.8) is 0 Å². The molecule has 0 saturated carbocycles. The van der Waals surface area contributed by atoms with Crippen LogP contribution in [0.4, 0.5) is 5.13 Å². The Kier molecular flexibility index (Phi) is 3.65. The summed E-state index contributed by atoms with van der Waals surface area (Å²) < 4.78 is 0. The van der Waals surface area contributed by atoms with Gasteiger partial charge in [0, 0.05) is 17.8 Å². The highest BCUT2D eigenvalue weighted by Crippen LogP contribution is 2.23. The number of hydrogen-bond donors (Lipinski definition) is 1. The molecule has 0 aliphatic rings. The average molecular weight is 297 g/mol. The van der Waals surface area contributed by atoms with Gasteiger partial charge in [0.2, 0.25) is 0 Å². The smallest absolute Gasteiger partial charge is 0.277 e. The predicted molar refractivity (Wildman–Crippen MR) is 80.1 cm³/mol. The lowest BCUT2D eigenvalue weighted by atomic mass is 10.3. The molecule has 3 rings (SSSR count). The number of carbonyl (C=O) groups excluding carboxylic acids is 1. The number of rotatable bonds is 3. The molecule has 0 aliphatic heterocycles. The normalized spacial score (nSPS) is 10.3. The summed E-state index contributed by atoms with van der Waals surface area (Å²) >= 11 is 1.34. The van der Waals surface area contributed by atoms with Gasteiger partial charge in [0.05, 0.1) is 17.6 Å². The number of amides is 1. The third-order valence-electron chi connectivity index (χ3n) is 2.67. The van der Waals surface area contributed by atoms with Crippen LogP contribution in [0.5, 0.6) is 0 Å². The van der Waals surface area contributed by atoms with Crippen molar-refractivity contribution in [3.8, 4) is 11.4 Å². The summed E-state index contributed by atoms with van der Waals surface area (Å²) in [4.78, 5) is 28.6. The number of nitrogens with zero attached hydrogens (tertiary/aromatic N) is 4. The Morgan fingerprint density at radius 2 is 2.05 bits per heavy atom. The van der Waals surface area contributed by atoms with Crippen LogP contribution in [0.3, 0.4) is 0 Å². The van der Waals surface area contributed by atoms with E-state index in [2.05, 4.69) is 25.3 Å². The van der Waals surface area contributed by atoms with E-state index in [0.29, 0.717) is 5.13 Å². The van der Waals surface area contributed by atoms with Crippen molar-refractivity contribution in [1.82, 2.24) is 19.9 Å². The minimum absolute atomic E-state index is 0.259. The number of aromatic nitrogens is 4. The summed E-state index contributed by atoms with van der Waals surface area (Å²) in [5, 5.41) is 5.05. The molecule has 0 unspecified atom stereocenters. The summed E-state index contributed by atoms with van der Waals surface area (Å²) in [6.07, 6.45) is 4.70. The van der Waals surface area contributed by atoms with Crippen LogP contribution in [0.25, 0.3) is 11.4 Å². The maximum atomic E-state index is 12.0. The Hall–Kier alpha value is -2.67. The van der Waals surface area contributed by atoms with Crippen LogP contribution >= 0.6 is 11.3 Å². The van der Waals surface area contributed by atoms with Gasteiger partial charge in [-0.25, -0.2) is 9.97 Å². The zero-order valence-corrected chi connectivity index (χ0v) is 12.0. The second-order valence-electron chi connectivity index (χ2n) is 4.25. The molecule has 6 nitrogen and oxygen atoms in total. The summed E-state index contributed by atoms with van der Waals surface area (Å²) in [6, 6.07) is 5.60. The molecule has 1 amide bonds. The topological polar surface area (TPSA) is 80.7 Å². The van der Waals surface area contributed by atoms with E-state index in [1.54, 1.807) is 12.4 Å². The molecule has 0 aromatic carbocycles. The number of carbonyl (C=O) groups is 1. The van der Waals surface area contributed by atoms with Gasteiger partial charge in [-0.2, -0.15) is 0 Å². The SMILES string of the molecule is Cc1cnc(C(=O)Nc2nc(-c3ccccn3)cs2)cn1. The van der Waals surface area contributed by atoms with Gasteiger partial charge in [0.15, 0.2) is 5.13 Å². The maximum Gasteiger partial charge on any atom is 0.277 e. The number of nitrogens with one attached hydrogen (secondary N) is 1. The summed E-state index contributed by atoms with van der Waals surface area (Å²) in [5.74, 6) is -0.329. The summed E-state index contributed by atoms with van der Waals surface area (Å²) in [7, 11) is 0. The number of hydrogen-bond acceptors (Lipinski definition) is 6. The number of thiazole rings is 1. The van der Waals surface area contributed by atoms with E-state index in [0.717, 1.165) is 17.1 Å². The van der Waals surface area contributed by atoms with E-state index >= 15 is 0 Å². The van der Waals surface area contributed by atoms with Gasteiger partial charge in [0.25, 0.3) is 5.91 Å². The highest BCUT2D eigenvalue weighted by atomic mass is 32.1. The van der Waals surface area contributed by atoms with Crippen LogP contribution in [0, 0.1) is 6.92 Å². The van der Waals surface area contributed by atoms with E-state index < -0.39 is 0 Å². The molecule has 0 fully saturated rings. The fourth-order valence-corrected chi connectivity index (χ4v) is 2.33. The Bertz CT molecular complexity index is 755. The molecule has 0 bridgehead atoms. The molecular weight excluding hydrogens is 286 g/mol. The van der Waals surface area contributed by atoms with Crippen LogP contribution < -0.4 is 5.32 Å². The van der Waals surface area contributed by atoms with Crippen LogP contribution in [0.15, 0.2) is 42.2 Å². The molecule has 0 atom stereocenters. The standard InChI is InChI=1S/C14H11N5OS/c1-9-6-17-11(7-16-9)13(20)19-14-18-12(8-21-14)10-4-2-3-5-15-10/h2-8H,1H3,(H,18,19,20). The number of pyridine rings is 1. The maximum absolute atomic E-state index is 12.0. The van der Waals surface area contributed by atoms with Crippen LogP contribution in [0.1, 0.15) is 16.2 Å². The van der Waals surface area contributed by atoms with E-state index in [4.69, 9.17) is 0 Å². The van der Waals surface area contributed by atoms with E-state index in [9.17, 15) is 4.79 Å². The first kappa shape index (κ1) is 13.3. The van der Waals surface area contributed by atoms with Gasteiger partial charge >= 0.3 is 0 Å². The number of aryl methyl sites for hydroxylation is 1. The zero-order valence-electron chi connectivity index (χ0n) is 11.1. The van der Waals surface area contributed by atoms with Crippen LogP contribution in [-0.2, 0) is 0 Å². The van der Waals surface area contributed by atoms with Gasteiger partial charge in [-0.05, 0) is 19.1 Å². The average Bonchev–Trinajstić information content (AvgIpc) is 2.97. The Balaban J connectivity index is 1.75. The van der Waals surface area contributed by atoms with Gasteiger partial charge in [-0.15, -0.1) is 11.3 Å². The molecule has 21 heavy (non-hydrogen) atoms. The minimum Gasteiger partial charge on any atom is -0.296 e. The molecule has 3 heterocycles. The largest absolute Gasteiger partial charge is 0.296 e. The second-order valence-corrected chi connectivity index (χ2v) is 5.11. The predicted octanol–water partition coefficient (Wildman–Crippen LogP) is 2.56. The minimum atomic E-state index is -0.329. The Labute approximate surface area is 125 Å². The Morgan fingerprint density at radius 1 is 1.14 bits per heavy atom. The van der Waals surface area contributed by atoms with Crippen molar-refractivity contribution in [2.75, 3.05) is 5.32 Å². The molecule has 3 aromatic rings. The first-order valence-electron chi connectivity index (χ1n) is 6.19. The molecule has 1 N–H and O–H groups in total. The summed E-state index contributed by atoms with van der Waals surface area (Å²) in [5.41, 5.74) is 2.52. The van der Waals surface area contributed by atoms with E-state index in [1.807, 2.05) is 30.5 Å². The monoisotopic (exact) mass is 297 g/mol. The van der Waals surface area contributed by atoms with Crippen molar-refractivity contribution in [2.45, 2.75) is 6.92 Å². The molecule has 7 heteroatoms. The van der Waals surface area contributed by atoms with Crippen molar-refractivity contribution in [1.29, 1.82) is 0 Å². The first-order chi connectivity index (χ1) is 10.2. The molecule has 0 spiro atoms. The lowest BCUT2D eigenvalue weighted by Crippen LogP contribution is -2.13. The third kappa shape index (κ3) is 3.09. The molecule has 3 aromatic heterocycles. The van der Waals surface area contributed by atoms with Crippen molar-refractivity contribution in [2.24, 2.45) is 0 Å². The molecule has 0 saturated heterocycles. The second kappa shape index (κ2) is 5.76. The third-order valence-corrected chi connectivity index (χ3v) is 3.42. The lowest BCUT2D eigenvalue weighted by molar-refractivity contribution is 0.102. The van der Waals surface area contributed by atoms with Gasteiger partial charge in [-0.3, -0.25) is 20.1 Å². The highest BCUT2D eigenvalue weighted by Gasteiger charge is 2.11. The van der Waals surface area contributed by atoms with E-state index in [-0.39, 0.29) is 11.6 Å². The quantitative estimate of drug-likeness (QED) is 0.803. The zero-order chi connectivity index (χ0) is 14.7. The fourth-order valence-electron chi connectivity index (χ4n) is 1.63. The molecule has 0 aliphatic carbocycles. The Morgan fingerprint density at radius 3 is 2.76 bits per heavy atom. The number of anilines is 1. The van der Waals surface area contributed by atoms with Crippen molar-refractivity contribution in [3.05, 3.63) is 53.6 Å². The van der Waals surface area contributed by atoms with Gasteiger partial charge < -0.3 is 0 Å². The van der Waals surface area contributed by atoms with Crippen molar-refractivity contribution >= 4 is 22.4 Å². The van der Waals surface area contributed by atoms with Crippen LogP contribution in [-0.4, -0.2) is 25.8 Å². The lowest BCUT2D eigenvalue weighted by Gasteiger charge is -2.00. The molecular formula is C14H11N5OS. The van der Waals surface area contributed by atoms with Crippen LogP contribution in [0.2, 0.25) is 0 Å². The molecule has 0 radical (unpaired) electrons. The highest BCUT2D eigenvalue weighted by molar-refractivity contribution is 7.14. The summed E-state index contributed by atoms with van der Waals surface area (Å²) in [6.45, 7) is 1.81. The molecule has 104 valence electrons. The van der Waals surface area contributed by atoms with Gasteiger partial charge in [0.1, 0.15) is 11.4 Å². The van der Waals surface area contributed by atoms with E-state index in [1.165, 1.54) is 17.5 Å². The first-order valence-corrected chi connectivity index (χ1v) is 7.07. The van der Waals surface area contributed by atoms with Gasteiger partial charge in [-0.1, -0.05) is 6.07 Å².